The molecule has 0 aliphatic rings. The number of carbonyl (C=O) groups is 2. The van der Waals surface area contributed by atoms with Crippen molar-refractivity contribution in [3.8, 4) is 17.2 Å². The van der Waals surface area contributed by atoms with Gasteiger partial charge in [-0.3, -0.25) is 9.59 Å². The number of rotatable bonds is 8. The van der Waals surface area contributed by atoms with Crippen LogP contribution in [0.5, 0.6) is 17.2 Å². The van der Waals surface area contributed by atoms with Crippen LogP contribution in [0.15, 0.2) is 36.4 Å². The number of thioether (sulfide) groups is 1. The average molecular weight is 460 g/mol. The van der Waals surface area contributed by atoms with Crippen LogP contribution in [0.4, 0.5) is 0 Å². The van der Waals surface area contributed by atoms with Gasteiger partial charge in [-0.05, 0) is 56.7 Å². The van der Waals surface area contributed by atoms with Gasteiger partial charge in [0.2, 0.25) is 0 Å². The van der Waals surface area contributed by atoms with E-state index in [9.17, 15) is 9.59 Å². The molecule has 174 valence electrons. The first-order valence-corrected chi connectivity index (χ1v) is 11.4. The van der Waals surface area contributed by atoms with E-state index in [2.05, 4.69) is 26.1 Å². The second kappa shape index (κ2) is 10.3. The van der Waals surface area contributed by atoms with E-state index in [0.717, 1.165) is 5.56 Å². The van der Waals surface area contributed by atoms with Crippen LogP contribution in [-0.4, -0.2) is 34.4 Å². The number of benzene rings is 2. The van der Waals surface area contributed by atoms with Gasteiger partial charge in [0, 0.05) is 27.2 Å². The van der Waals surface area contributed by atoms with Crippen LogP contribution in [0.1, 0.15) is 63.0 Å². The van der Waals surface area contributed by atoms with Crippen molar-refractivity contribution in [3.63, 3.8) is 0 Å². The lowest BCUT2D eigenvalue weighted by atomic mass is 10.1. The lowest BCUT2D eigenvalue weighted by Gasteiger charge is -2.22. The molecule has 0 aromatic heterocycles. The van der Waals surface area contributed by atoms with Gasteiger partial charge in [-0.1, -0.05) is 26.8 Å². The Morgan fingerprint density at radius 1 is 0.969 bits per heavy atom. The summed E-state index contributed by atoms with van der Waals surface area (Å²) in [5.74, 6) is 1.11. The fraction of sp³-hybridized carbons (Fsp3) is 0.440. The molecule has 0 spiro atoms. The highest BCUT2D eigenvalue weighted by molar-refractivity contribution is 7.99. The molecule has 0 fully saturated rings. The van der Waals surface area contributed by atoms with E-state index >= 15 is 0 Å². The van der Waals surface area contributed by atoms with E-state index in [1.807, 2.05) is 26.8 Å². The standard InChI is InChI=1S/C25H33NO5S/c1-24(2,3)26-23(29)17-9-11-19(18(14-17)15-32-25(4,5)6)31-21-12-16(13-22(27)28)8-10-20(21)30-7/h8-12,14H,13,15H2,1-7H3,(H,26,29)(H,27,28). The van der Waals surface area contributed by atoms with Gasteiger partial charge in [0.25, 0.3) is 5.91 Å². The molecule has 2 aromatic rings. The fourth-order valence-electron chi connectivity index (χ4n) is 2.84. The average Bonchev–Trinajstić information content (AvgIpc) is 2.65. The van der Waals surface area contributed by atoms with Gasteiger partial charge in [0.05, 0.1) is 13.5 Å². The van der Waals surface area contributed by atoms with Gasteiger partial charge in [-0.15, -0.1) is 0 Å². The van der Waals surface area contributed by atoms with Crippen molar-refractivity contribution in [2.75, 3.05) is 7.11 Å². The lowest BCUT2D eigenvalue weighted by molar-refractivity contribution is -0.136. The number of hydrogen-bond donors (Lipinski definition) is 2. The Balaban J connectivity index is 2.43. The summed E-state index contributed by atoms with van der Waals surface area (Å²) in [4.78, 5) is 23.8. The highest BCUT2D eigenvalue weighted by atomic mass is 32.2. The molecule has 0 bridgehead atoms. The summed E-state index contributed by atoms with van der Waals surface area (Å²) in [5, 5.41) is 12.1. The number of carbonyl (C=O) groups excluding carboxylic acids is 1. The summed E-state index contributed by atoms with van der Waals surface area (Å²) in [5.41, 5.74) is 1.70. The lowest BCUT2D eigenvalue weighted by Crippen LogP contribution is -2.40. The number of amides is 1. The predicted molar refractivity (Wildman–Crippen MR) is 129 cm³/mol. The van der Waals surface area contributed by atoms with E-state index < -0.39 is 5.97 Å². The Bertz CT molecular complexity index is 973. The quantitative estimate of drug-likeness (QED) is 0.529. The molecule has 0 heterocycles. The maximum atomic E-state index is 12.7. The molecule has 1 amide bonds. The van der Waals surface area contributed by atoms with Gasteiger partial charge in [-0.2, -0.15) is 11.8 Å². The number of aliphatic carboxylic acids is 1. The molecule has 2 N–H and O–H groups in total. The minimum absolute atomic E-state index is 0.0278. The van der Waals surface area contributed by atoms with Gasteiger partial charge >= 0.3 is 5.97 Å². The highest BCUT2D eigenvalue weighted by Gasteiger charge is 2.19. The summed E-state index contributed by atoms with van der Waals surface area (Å²) in [7, 11) is 1.54. The summed E-state index contributed by atoms with van der Waals surface area (Å²) in [6.45, 7) is 12.2. The summed E-state index contributed by atoms with van der Waals surface area (Å²) < 4.78 is 11.6. The molecule has 0 saturated heterocycles. The molecule has 0 radical (unpaired) electrons. The third-order valence-electron chi connectivity index (χ3n) is 4.28. The van der Waals surface area contributed by atoms with Gasteiger partial charge < -0.3 is 19.9 Å². The molecule has 0 saturated carbocycles. The smallest absolute Gasteiger partial charge is 0.307 e. The van der Waals surface area contributed by atoms with Crippen molar-refractivity contribution in [3.05, 3.63) is 53.1 Å². The predicted octanol–water partition coefficient (Wildman–Crippen LogP) is 5.67. The highest BCUT2D eigenvalue weighted by Crippen LogP contribution is 2.37. The Labute approximate surface area is 194 Å². The van der Waals surface area contributed by atoms with Crippen molar-refractivity contribution in [2.45, 2.75) is 64.0 Å². The van der Waals surface area contributed by atoms with Crippen molar-refractivity contribution in [2.24, 2.45) is 0 Å². The summed E-state index contributed by atoms with van der Waals surface area (Å²) >= 11 is 1.75. The summed E-state index contributed by atoms with van der Waals surface area (Å²) in [6.07, 6.45) is -0.112. The third-order valence-corrected chi connectivity index (χ3v) is 5.60. The molecule has 0 aliphatic carbocycles. The van der Waals surface area contributed by atoms with E-state index in [1.54, 1.807) is 42.1 Å². The minimum Gasteiger partial charge on any atom is -0.493 e. The van der Waals surface area contributed by atoms with E-state index in [4.69, 9.17) is 14.6 Å². The SMILES string of the molecule is COc1ccc(CC(=O)O)cc1Oc1ccc(C(=O)NC(C)(C)C)cc1CSC(C)(C)C. The number of nitrogens with one attached hydrogen (secondary N) is 1. The number of methoxy groups -OCH3 is 1. The van der Waals surface area contributed by atoms with Crippen LogP contribution in [0.3, 0.4) is 0 Å². The second-order valence-corrected chi connectivity index (χ2v) is 11.4. The Morgan fingerprint density at radius 3 is 2.19 bits per heavy atom. The van der Waals surface area contributed by atoms with Crippen molar-refractivity contribution in [1.29, 1.82) is 0 Å². The van der Waals surface area contributed by atoms with E-state index in [1.165, 1.54) is 7.11 Å². The van der Waals surface area contributed by atoms with Crippen LogP contribution < -0.4 is 14.8 Å². The number of ether oxygens (including phenoxy) is 2. The molecule has 0 unspecified atom stereocenters. The first kappa shape index (κ1) is 25.6. The fourth-order valence-corrected chi connectivity index (χ4v) is 3.66. The van der Waals surface area contributed by atoms with Crippen molar-refractivity contribution in [1.82, 2.24) is 5.32 Å². The maximum absolute atomic E-state index is 12.7. The molecular weight excluding hydrogens is 426 g/mol. The molecule has 7 heteroatoms. The second-order valence-electron chi connectivity index (χ2n) is 9.59. The van der Waals surface area contributed by atoms with Crippen molar-refractivity contribution >= 4 is 23.6 Å². The largest absolute Gasteiger partial charge is 0.493 e. The van der Waals surface area contributed by atoms with Crippen molar-refractivity contribution < 1.29 is 24.2 Å². The Hall–Kier alpha value is -2.67. The maximum Gasteiger partial charge on any atom is 0.307 e. The topological polar surface area (TPSA) is 84.9 Å². The monoisotopic (exact) mass is 459 g/mol. The Kier molecular flexibility index (Phi) is 8.24. The molecule has 2 aromatic carbocycles. The zero-order valence-electron chi connectivity index (χ0n) is 19.9. The van der Waals surface area contributed by atoms with E-state index in [0.29, 0.717) is 34.1 Å². The molecule has 0 atom stereocenters. The van der Waals surface area contributed by atoms with Crippen LogP contribution >= 0.6 is 11.8 Å². The Morgan fingerprint density at radius 2 is 1.62 bits per heavy atom. The molecule has 2 rings (SSSR count). The number of hydrogen-bond acceptors (Lipinski definition) is 5. The minimum atomic E-state index is -0.919. The zero-order valence-corrected chi connectivity index (χ0v) is 20.7. The molecular formula is C25H33NO5S. The normalized spacial score (nSPS) is 11.7. The van der Waals surface area contributed by atoms with Crippen LogP contribution in [-0.2, 0) is 17.0 Å². The first-order valence-electron chi connectivity index (χ1n) is 10.4. The first-order chi connectivity index (χ1) is 14.8. The number of carboxylic acids is 1. The third kappa shape index (κ3) is 8.11. The summed E-state index contributed by atoms with van der Waals surface area (Å²) in [6, 6.07) is 10.4. The zero-order chi connectivity index (χ0) is 24.1. The van der Waals surface area contributed by atoms with Gasteiger partial charge in [0.1, 0.15) is 5.75 Å². The molecule has 0 aliphatic heterocycles. The molecule has 32 heavy (non-hydrogen) atoms. The number of carboxylic acid groups (broad SMARTS) is 1. The van der Waals surface area contributed by atoms with Gasteiger partial charge in [-0.25, -0.2) is 0 Å². The molecule has 6 nitrogen and oxygen atoms in total. The van der Waals surface area contributed by atoms with Crippen LogP contribution in [0, 0.1) is 0 Å². The van der Waals surface area contributed by atoms with Crippen LogP contribution in [0.2, 0.25) is 0 Å². The van der Waals surface area contributed by atoms with E-state index in [-0.39, 0.29) is 22.6 Å². The van der Waals surface area contributed by atoms with Crippen LogP contribution in [0.25, 0.3) is 0 Å². The van der Waals surface area contributed by atoms with Gasteiger partial charge in [0.15, 0.2) is 11.5 Å².